The van der Waals surface area contributed by atoms with E-state index < -0.39 is 11.9 Å². The van der Waals surface area contributed by atoms with Gasteiger partial charge in [-0.05, 0) is 35.9 Å². The number of allylic oxidation sites excluding steroid dienone is 1. The van der Waals surface area contributed by atoms with Crippen LogP contribution >= 0.6 is 0 Å². The molecule has 0 aliphatic carbocycles. The topological polar surface area (TPSA) is 94.6 Å². The number of carbonyl (C=O) groups excluding carboxylic acids is 1. The third-order valence-electron chi connectivity index (χ3n) is 4.97. The van der Waals surface area contributed by atoms with E-state index in [4.69, 9.17) is 19.9 Å². The summed E-state index contributed by atoms with van der Waals surface area (Å²) < 4.78 is 16.8. The first-order valence-corrected chi connectivity index (χ1v) is 9.93. The smallest absolute Gasteiger partial charge is 0.343 e. The highest BCUT2D eigenvalue weighted by Gasteiger charge is 2.31. The maximum atomic E-state index is 12.4. The number of hydrogen-bond donors (Lipinski definition) is 1. The molecule has 2 N–H and O–H groups in total. The zero-order chi connectivity index (χ0) is 22.5. The number of ether oxygens (including phenoxy) is 3. The summed E-state index contributed by atoms with van der Waals surface area (Å²) in [5, 5.41) is 9.75. The number of nitrogens with two attached hydrogens (primary N) is 1. The highest BCUT2D eigenvalue weighted by molar-refractivity contribution is 5.91. The van der Waals surface area contributed by atoms with Gasteiger partial charge in [-0.2, -0.15) is 5.26 Å². The first-order chi connectivity index (χ1) is 15.6. The van der Waals surface area contributed by atoms with Gasteiger partial charge in [0.1, 0.15) is 35.5 Å². The molecule has 0 fully saturated rings. The summed E-state index contributed by atoms with van der Waals surface area (Å²) in [5.74, 6) is 0.463. The van der Waals surface area contributed by atoms with Crippen LogP contribution in [0.1, 0.15) is 27.4 Å². The number of fused-ring (bicyclic) bond motifs is 1. The van der Waals surface area contributed by atoms with E-state index in [0.717, 1.165) is 11.1 Å². The monoisotopic (exact) mass is 424 g/mol. The van der Waals surface area contributed by atoms with Crippen LogP contribution in [0.25, 0.3) is 0 Å². The van der Waals surface area contributed by atoms with E-state index in [1.807, 2.05) is 30.3 Å². The molecule has 6 heteroatoms. The van der Waals surface area contributed by atoms with Crippen LogP contribution < -0.4 is 19.9 Å². The molecule has 4 rings (SSSR count). The molecule has 1 aliphatic heterocycles. The molecule has 1 heterocycles. The number of rotatable bonds is 6. The summed E-state index contributed by atoms with van der Waals surface area (Å²) in [4.78, 5) is 12.4. The van der Waals surface area contributed by atoms with Gasteiger partial charge in [0.15, 0.2) is 0 Å². The minimum atomic E-state index is -0.480. The van der Waals surface area contributed by atoms with Gasteiger partial charge in [-0.1, -0.05) is 49.1 Å². The van der Waals surface area contributed by atoms with Crippen molar-refractivity contribution in [1.82, 2.24) is 0 Å². The molecule has 0 bridgehead atoms. The second-order valence-electron chi connectivity index (χ2n) is 7.05. The molecule has 1 unspecified atom stereocenters. The van der Waals surface area contributed by atoms with Crippen molar-refractivity contribution in [1.29, 1.82) is 5.26 Å². The average Bonchev–Trinajstić information content (AvgIpc) is 2.82. The van der Waals surface area contributed by atoms with Crippen LogP contribution in [0, 0.1) is 11.3 Å². The van der Waals surface area contributed by atoms with Crippen LogP contribution in [0.5, 0.6) is 17.2 Å². The van der Waals surface area contributed by atoms with Gasteiger partial charge in [-0.25, -0.2) is 4.79 Å². The van der Waals surface area contributed by atoms with Crippen molar-refractivity contribution < 1.29 is 19.0 Å². The lowest BCUT2D eigenvalue weighted by molar-refractivity contribution is 0.0734. The molecule has 1 atom stereocenters. The van der Waals surface area contributed by atoms with Crippen LogP contribution in [0.2, 0.25) is 0 Å². The number of esters is 1. The Balaban J connectivity index is 1.69. The van der Waals surface area contributed by atoms with Crippen LogP contribution in [0.3, 0.4) is 0 Å². The standard InChI is InChI=1S/C26H20N2O4/c1-2-13-30-19-10-6-9-18(14-19)24-21-12-11-20(15-23(21)32-25(28)22(24)16-27)31-26(29)17-7-4-3-5-8-17/h2-12,14-15,24H,1,13,28H2. The Hall–Kier alpha value is -4.50. The zero-order valence-corrected chi connectivity index (χ0v) is 17.2. The normalized spacial score (nSPS) is 14.5. The van der Waals surface area contributed by atoms with E-state index in [0.29, 0.717) is 35.0 Å². The predicted molar refractivity (Wildman–Crippen MR) is 119 cm³/mol. The molecule has 0 saturated carbocycles. The van der Waals surface area contributed by atoms with Gasteiger partial charge in [0.2, 0.25) is 5.88 Å². The highest BCUT2D eigenvalue weighted by atomic mass is 16.5. The van der Waals surface area contributed by atoms with E-state index in [1.54, 1.807) is 48.5 Å². The van der Waals surface area contributed by atoms with Crippen LogP contribution in [0.4, 0.5) is 0 Å². The van der Waals surface area contributed by atoms with E-state index in [2.05, 4.69) is 12.6 Å². The summed E-state index contributed by atoms with van der Waals surface area (Å²) in [6.45, 7) is 4.02. The molecular weight excluding hydrogens is 404 g/mol. The Labute approximate surface area is 185 Å². The Kier molecular flexibility index (Phi) is 5.91. The molecule has 3 aromatic carbocycles. The highest BCUT2D eigenvalue weighted by Crippen LogP contribution is 2.44. The second-order valence-corrected chi connectivity index (χ2v) is 7.05. The largest absolute Gasteiger partial charge is 0.490 e. The first-order valence-electron chi connectivity index (χ1n) is 9.93. The van der Waals surface area contributed by atoms with Crippen LogP contribution in [-0.2, 0) is 0 Å². The average molecular weight is 424 g/mol. The lowest BCUT2D eigenvalue weighted by Crippen LogP contribution is -2.21. The van der Waals surface area contributed by atoms with Gasteiger partial charge in [-0.15, -0.1) is 0 Å². The molecule has 32 heavy (non-hydrogen) atoms. The molecule has 0 saturated heterocycles. The molecule has 3 aromatic rings. The molecule has 0 amide bonds. The molecular formula is C26H20N2O4. The van der Waals surface area contributed by atoms with Crippen molar-refractivity contribution in [3.63, 3.8) is 0 Å². The van der Waals surface area contributed by atoms with Gasteiger partial charge in [-0.3, -0.25) is 0 Å². The van der Waals surface area contributed by atoms with Crippen molar-refractivity contribution in [3.05, 3.63) is 114 Å². The Morgan fingerprint density at radius 3 is 2.66 bits per heavy atom. The van der Waals surface area contributed by atoms with E-state index >= 15 is 0 Å². The van der Waals surface area contributed by atoms with Crippen molar-refractivity contribution in [2.45, 2.75) is 5.92 Å². The second kappa shape index (κ2) is 9.11. The van der Waals surface area contributed by atoms with Gasteiger partial charge < -0.3 is 19.9 Å². The van der Waals surface area contributed by atoms with Crippen molar-refractivity contribution in [2.75, 3.05) is 6.61 Å². The molecule has 0 aromatic heterocycles. The third-order valence-corrected chi connectivity index (χ3v) is 4.97. The molecule has 6 nitrogen and oxygen atoms in total. The van der Waals surface area contributed by atoms with Gasteiger partial charge in [0.25, 0.3) is 0 Å². The Morgan fingerprint density at radius 2 is 1.91 bits per heavy atom. The maximum Gasteiger partial charge on any atom is 0.343 e. The molecule has 158 valence electrons. The summed E-state index contributed by atoms with van der Waals surface area (Å²) in [5.41, 5.74) is 8.37. The minimum Gasteiger partial charge on any atom is -0.490 e. The lowest BCUT2D eigenvalue weighted by Gasteiger charge is -2.27. The van der Waals surface area contributed by atoms with Crippen LogP contribution in [0.15, 0.2) is 96.9 Å². The fourth-order valence-electron chi connectivity index (χ4n) is 3.52. The first kappa shape index (κ1) is 20.8. The summed E-state index contributed by atoms with van der Waals surface area (Å²) in [7, 11) is 0. The van der Waals surface area contributed by atoms with Crippen molar-refractivity contribution >= 4 is 5.97 Å². The number of hydrogen-bond acceptors (Lipinski definition) is 6. The van der Waals surface area contributed by atoms with Gasteiger partial charge in [0, 0.05) is 11.6 Å². The fourth-order valence-corrected chi connectivity index (χ4v) is 3.52. The fraction of sp³-hybridized carbons (Fsp3) is 0.0769. The molecule has 0 spiro atoms. The van der Waals surface area contributed by atoms with Crippen molar-refractivity contribution in [3.8, 4) is 23.3 Å². The van der Waals surface area contributed by atoms with Gasteiger partial charge in [0.05, 0.1) is 11.5 Å². The summed E-state index contributed by atoms with van der Waals surface area (Å²) in [6, 6.07) is 23.3. The van der Waals surface area contributed by atoms with E-state index in [-0.39, 0.29) is 5.88 Å². The van der Waals surface area contributed by atoms with Crippen molar-refractivity contribution in [2.24, 2.45) is 5.73 Å². The minimum absolute atomic E-state index is 0.00829. The maximum absolute atomic E-state index is 12.4. The number of carbonyl (C=O) groups is 1. The number of nitriles is 1. The van der Waals surface area contributed by atoms with Gasteiger partial charge >= 0.3 is 5.97 Å². The Bertz CT molecular complexity index is 1240. The van der Waals surface area contributed by atoms with Crippen LogP contribution in [-0.4, -0.2) is 12.6 Å². The third kappa shape index (κ3) is 4.18. The number of nitrogens with zero attached hydrogens (tertiary/aromatic N) is 1. The predicted octanol–water partition coefficient (Wildman–Crippen LogP) is 4.69. The molecule has 0 radical (unpaired) electrons. The zero-order valence-electron chi connectivity index (χ0n) is 17.2. The quantitative estimate of drug-likeness (QED) is 0.350. The SMILES string of the molecule is C=CCOc1cccc(C2C(C#N)=C(N)Oc3cc(OC(=O)c4ccccc4)ccc32)c1. The lowest BCUT2D eigenvalue weighted by atomic mass is 9.83. The summed E-state index contributed by atoms with van der Waals surface area (Å²) in [6.07, 6.45) is 1.66. The van der Waals surface area contributed by atoms with E-state index in [9.17, 15) is 10.1 Å². The summed E-state index contributed by atoms with van der Waals surface area (Å²) >= 11 is 0. The van der Waals surface area contributed by atoms with E-state index in [1.165, 1.54) is 0 Å². The number of benzene rings is 3. The molecule has 1 aliphatic rings. The Morgan fingerprint density at radius 1 is 1.09 bits per heavy atom.